The number of benzene rings is 1. The van der Waals surface area contributed by atoms with Crippen LogP contribution in [0.2, 0.25) is 0 Å². The van der Waals surface area contributed by atoms with Gasteiger partial charge in [0.15, 0.2) is 11.5 Å². The number of hydrogen-bond donors (Lipinski definition) is 3. The predicted octanol–water partition coefficient (Wildman–Crippen LogP) is 1.99. The lowest BCUT2D eigenvalue weighted by atomic mass is 9.75. The molecule has 0 aromatic heterocycles. The molecule has 1 amide bonds. The number of nitrogens with one attached hydrogen (secondary N) is 1. The fourth-order valence-electron chi connectivity index (χ4n) is 3.33. The zero-order chi connectivity index (χ0) is 21.7. The highest BCUT2D eigenvalue weighted by Gasteiger charge is 2.37. The Morgan fingerprint density at radius 3 is 2.38 bits per heavy atom. The van der Waals surface area contributed by atoms with Crippen molar-refractivity contribution in [3.05, 3.63) is 35.2 Å². The van der Waals surface area contributed by atoms with E-state index in [-0.39, 0.29) is 35.9 Å². The van der Waals surface area contributed by atoms with Crippen LogP contribution in [0.5, 0.6) is 0 Å². The second-order valence-electron chi connectivity index (χ2n) is 7.55. The number of halogens is 2. The van der Waals surface area contributed by atoms with Gasteiger partial charge in [0.05, 0.1) is 18.6 Å². The molecule has 7 nitrogen and oxygen atoms in total. The highest BCUT2D eigenvalue weighted by atomic mass is 19.1. The summed E-state index contributed by atoms with van der Waals surface area (Å²) >= 11 is 0. The van der Waals surface area contributed by atoms with E-state index >= 15 is 0 Å². The maximum absolute atomic E-state index is 14.2. The van der Waals surface area contributed by atoms with E-state index in [0.29, 0.717) is 19.4 Å². The minimum atomic E-state index is -1.71. The van der Waals surface area contributed by atoms with Gasteiger partial charge in [-0.25, -0.2) is 13.6 Å². The highest BCUT2D eigenvalue weighted by Crippen LogP contribution is 2.34. The van der Waals surface area contributed by atoms with Crippen molar-refractivity contribution in [2.24, 2.45) is 5.92 Å². The van der Waals surface area contributed by atoms with E-state index in [1.807, 2.05) is 13.8 Å². The zero-order valence-corrected chi connectivity index (χ0v) is 16.4. The van der Waals surface area contributed by atoms with Crippen molar-refractivity contribution < 1.29 is 28.4 Å². The first-order chi connectivity index (χ1) is 13.6. The van der Waals surface area contributed by atoms with Crippen LogP contribution in [0.3, 0.4) is 0 Å². The summed E-state index contributed by atoms with van der Waals surface area (Å²) in [7, 11) is -1.71. The van der Waals surface area contributed by atoms with Gasteiger partial charge >= 0.3 is 7.12 Å². The number of ketones is 1. The van der Waals surface area contributed by atoms with Crippen LogP contribution >= 0.6 is 0 Å². The van der Waals surface area contributed by atoms with Crippen molar-refractivity contribution >= 4 is 30.2 Å². The molecule has 1 aliphatic rings. The molecule has 3 N–H and O–H groups in total. The van der Waals surface area contributed by atoms with Gasteiger partial charge in [-0.1, -0.05) is 13.8 Å². The monoisotopic (exact) mass is 407 g/mol. The third-order valence-electron chi connectivity index (χ3n) is 4.84. The molecule has 1 aromatic carbocycles. The van der Waals surface area contributed by atoms with Gasteiger partial charge in [-0.3, -0.25) is 9.59 Å². The van der Waals surface area contributed by atoms with E-state index in [9.17, 15) is 28.4 Å². The fraction of sp³-hybridized carbons (Fsp3) is 0.526. The Hall–Kier alpha value is -2.51. The molecule has 1 saturated heterocycles. The van der Waals surface area contributed by atoms with Crippen molar-refractivity contribution in [3.8, 4) is 0 Å². The summed E-state index contributed by atoms with van der Waals surface area (Å²) < 4.78 is 28.4. The molecule has 0 aliphatic carbocycles. The number of rotatable bonds is 9. The second kappa shape index (κ2) is 9.81. The van der Waals surface area contributed by atoms with E-state index in [1.54, 1.807) is 0 Å². The molecule has 0 saturated carbocycles. The van der Waals surface area contributed by atoms with Crippen LogP contribution < -0.4 is 10.2 Å². The average molecular weight is 407 g/mol. The summed E-state index contributed by atoms with van der Waals surface area (Å²) in [4.78, 5) is 28.8. The molecule has 1 aliphatic heterocycles. The lowest BCUT2D eigenvalue weighted by Crippen LogP contribution is -2.53. The number of nitrogens with zero attached hydrogens (tertiary/aromatic N) is 2. The largest absolute Gasteiger partial charge is 0.475 e. The molecule has 156 valence electrons. The van der Waals surface area contributed by atoms with Gasteiger partial charge in [-0.2, -0.15) is 0 Å². The van der Waals surface area contributed by atoms with Gasteiger partial charge in [0, 0.05) is 19.4 Å². The molecule has 0 unspecified atom stereocenters. The number of amides is 1. The summed E-state index contributed by atoms with van der Waals surface area (Å²) in [5, 5.41) is 21.2. The van der Waals surface area contributed by atoms with Gasteiger partial charge in [0.1, 0.15) is 17.3 Å². The predicted molar refractivity (Wildman–Crippen MR) is 104 cm³/mol. The minimum Gasteiger partial charge on any atom is -0.426 e. The standard InChI is InChI=1S/C19H24BF2N3O4/c1-11(2)8-17(20(28)29)24-18(27)5-4-16(26)15-6-7-25(15)19-13(21)9-12(23-3)10-14(19)22/h9-11,15,17,28-29H,4-8H2,1-2H3,(H,24,27)/t15-,17+/m0/s1. The molecule has 1 fully saturated rings. The van der Waals surface area contributed by atoms with Crippen LogP contribution in [0.25, 0.3) is 4.85 Å². The van der Waals surface area contributed by atoms with E-state index in [1.165, 1.54) is 4.90 Å². The normalized spacial score (nSPS) is 16.8. The quantitative estimate of drug-likeness (QED) is 0.430. The Balaban J connectivity index is 1.95. The maximum Gasteiger partial charge on any atom is 0.475 e. The summed E-state index contributed by atoms with van der Waals surface area (Å²) in [5.74, 6) is -3.33. The molecule has 0 bridgehead atoms. The van der Waals surface area contributed by atoms with Crippen molar-refractivity contribution in [2.75, 3.05) is 11.4 Å². The van der Waals surface area contributed by atoms with Gasteiger partial charge in [-0.05, 0) is 30.9 Å². The summed E-state index contributed by atoms with van der Waals surface area (Å²) in [5.41, 5.74) is -0.502. The minimum absolute atomic E-state index is 0.131. The molecular weight excluding hydrogens is 383 g/mol. The van der Waals surface area contributed by atoms with Crippen LogP contribution in [0.1, 0.15) is 39.5 Å². The van der Waals surface area contributed by atoms with E-state index in [0.717, 1.165) is 12.1 Å². The molecule has 0 spiro atoms. The SMILES string of the molecule is [C-]#[N+]c1cc(F)c(N2CC[C@H]2C(=O)CCC(=O)N[C@H](CC(C)C)B(O)O)c(F)c1. The lowest BCUT2D eigenvalue weighted by molar-refractivity contribution is -0.126. The molecule has 1 heterocycles. The number of Topliss-reactive ketones (excluding diaryl/α,β-unsaturated/α-hetero) is 1. The number of hydrogen-bond acceptors (Lipinski definition) is 5. The zero-order valence-electron chi connectivity index (χ0n) is 16.4. The second-order valence-corrected chi connectivity index (χ2v) is 7.55. The Bertz CT molecular complexity index is 790. The first-order valence-electron chi connectivity index (χ1n) is 9.45. The van der Waals surface area contributed by atoms with Crippen LogP contribution in [0.4, 0.5) is 20.2 Å². The molecule has 1 aromatic rings. The number of anilines is 1. The average Bonchev–Trinajstić information content (AvgIpc) is 2.60. The first-order valence-corrected chi connectivity index (χ1v) is 9.45. The fourth-order valence-corrected chi connectivity index (χ4v) is 3.33. The molecule has 2 rings (SSSR count). The molecule has 0 radical (unpaired) electrons. The third-order valence-corrected chi connectivity index (χ3v) is 4.84. The molecular formula is C19H24BF2N3O4. The number of carbonyl (C=O) groups excluding carboxylic acids is 2. The molecule has 2 atom stereocenters. The lowest BCUT2D eigenvalue weighted by Gasteiger charge is -2.42. The van der Waals surface area contributed by atoms with E-state index in [2.05, 4.69) is 10.2 Å². The Morgan fingerprint density at radius 2 is 1.93 bits per heavy atom. The third kappa shape index (κ3) is 5.74. The van der Waals surface area contributed by atoms with Crippen LogP contribution in [0, 0.1) is 24.1 Å². The van der Waals surface area contributed by atoms with Crippen LogP contribution in [-0.4, -0.2) is 47.4 Å². The van der Waals surface area contributed by atoms with Crippen molar-refractivity contribution in [1.29, 1.82) is 0 Å². The van der Waals surface area contributed by atoms with Gasteiger partial charge in [0.2, 0.25) is 5.91 Å². The number of carbonyl (C=O) groups is 2. The van der Waals surface area contributed by atoms with Crippen LogP contribution in [0.15, 0.2) is 12.1 Å². The van der Waals surface area contributed by atoms with Gasteiger partial charge in [-0.15, -0.1) is 0 Å². The Morgan fingerprint density at radius 1 is 1.31 bits per heavy atom. The summed E-state index contributed by atoms with van der Waals surface area (Å²) in [6.45, 7) is 10.9. The topological polar surface area (TPSA) is 94.2 Å². The van der Waals surface area contributed by atoms with E-state index < -0.39 is 36.6 Å². The summed E-state index contributed by atoms with van der Waals surface area (Å²) in [6, 6.07) is 1.11. The van der Waals surface area contributed by atoms with Crippen molar-refractivity contribution in [1.82, 2.24) is 5.32 Å². The molecule has 10 heteroatoms. The first kappa shape index (κ1) is 22.8. The van der Waals surface area contributed by atoms with Gasteiger partial charge in [0.25, 0.3) is 0 Å². The van der Waals surface area contributed by atoms with Crippen molar-refractivity contribution in [3.63, 3.8) is 0 Å². The van der Waals surface area contributed by atoms with Crippen LogP contribution in [-0.2, 0) is 9.59 Å². The maximum atomic E-state index is 14.2. The molecule has 29 heavy (non-hydrogen) atoms. The van der Waals surface area contributed by atoms with Crippen molar-refractivity contribution in [2.45, 2.75) is 51.5 Å². The Labute approximate surface area is 168 Å². The van der Waals surface area contributed by atoms with Gasteiger partial charge < -0.3 is 20.3 Å². The smallest absolute Gasteiger partial charge is 0.426 e. The Kier molecular flexibility index (Phi) is 7.70. The highest BCUT2D eigenvalue weighted by molar-refractivity contribution is 6.43. The van der Waals surface area contributed by atoms with E-state index in [4.69, 9.17) is 6.57 Å². The summed E-state index contributed by atoms with van der Waals surface area (Å²) in [6.07, 6.45) is 0.487.